The molecule has 27 heavy (non-hydrogen) atoms. The molecule has 8 heteroatoms. The van der Waals surface area contributed by atoms with E-state index in [1.165, 1.54) is 18.4 Å². The van der Waals surface area contributed by atoms with Crippen LogP contribution in [0.3, 0.4) is 0 Å². The van der Waals surface area contributed by atoms with E-state index in [0.717, 1.165) is 38.4 Å². The fourth-order valence-electron chi connectivity index (χ4n) is 2.59. The Morgan fingerprint density at radius 2 is 2.19 bits per heavy atom. The predicted octanol–water partition coefficient (Wildman–Crippen LogP) is 5.11. The summed E-state index contributed by atoms with van der Waals surface area (Å²) in [5, 5.41) is 5.05. The quantitative estimate of drug-likeness (QED) is 0.423. The molecule has 0 saturated heterocycles. The molecule has 0 spiro atoms. The van der Waals surface area contributed by atoms with Crippen LogP contribution in [0.25, 0.3) is 11.3 Å². The Hall–Kier alpha value is -2.03. The largest absolute Gasteiger partial charge is 0.486 e. The molecule has 0 bridgehead atoms. The van der Waals surface area contributed by atoms with Crippen molar-refractivity contribution in [1.29, 1.82) is 0 Å². The smallest absolute Gasteiger partial charge is 0.348 e. The molecule has 140 valence electrons. The fourth-order valence-corrected chi connectivity index (χ4v) is 5.36. The second-order valence-corrected chi connectivity index (χ2v) is 8.86. The average molecular weight is 420 g/mol. The van der Waals surface area contributed by atoms with Crippen LogP contribution in [0.4, 0.5) is 0 Å². The number of aromatic nitrogens is 1. The van der Waals surface area contributed by atoms with Gasteiger partial charge in [-0.15, -0.1) is 34.4 Å². The van der Waals surface area contributed by atoms with Crippen molar-refractivity contribution in [2.24, 2.45) is 0 Å². The van der Waals surface area contributed by atoms with Gasteiger partial charge in [-0.1, -0.05) is 0 Å². The molecule has 0 N–H and O–H groups in total. The molecule has 3 aromatic rings. The third-order valence-electron chi connectivity index (χ3n) is 3.92. The van der Waals surface area contributed by atoms with E-state index in [2.05, 4.69) is 5.38 Å². The molecule has 5 nitrogen and oxygen atoms in total. The second-order valence-electron chi connectivity index (χ2n) is 5.95. The zero-order valence-electron chi connectivity index (χ0n) is 14.8. The van der Waals surface area contributed by atoms with Crippen molar-refractivity contribution >= 4 is 40.4 Å². The third-order valence-corrected chi connectivity index (χ3v) is 6.99. The van der Waals surface area contributed by atoms with Crippen LogP contribution in [0.5, 0.6) is 11.5 Å². The topological polar surface area (TPSA) is 57.7 Å². The molecule has 0 radical (unpaired) electrons. The van der Waals surface area contributed by atoms with Crippen molar-refractivity contribution in [3.8, 4) is 22.8 Å². The van der Waals surface area contributed by atoms with Crippen molar-refractivity contribution in [2.75, 3.05) is 13.7 Å². The van der Waals surface area contributed by atoms with Gasteiger partial charge in [0.1, 0.15) is 22.6 Å². The minimum Gasteiger partial charge on any atom is -0.486 e. The highest BCUT2D eigenvalue weighted by Crippen LogP contribution is 2.36. The maximum absolute atomic E-state index is 11.5. The number of thiazole rings is 1. The number of carbonyl (C=O) groups excluding carboxylic acids is 1. The second kappa shape index (κ2) is 7.92. The number of hydrogen-bond donors (Lipinski definition) is 0. The van der Waals surface area contributed by atoms with Crippen LogP contribution in [0, 0.1) is 0 Å². The van der Waals surface area contributed by atoms with E-state index >= 15 is 0 Å². The maximum Gasteiger partial charge on any atom is 0.348 e. The molecule has 0 fully saturated rings. The summed E-state index contributed by atoms with van der Waals surface area (Å²) in [6.45, 7) is 2.55. The van der Waals surface area contributed by atoms with E-state index < -0.39 is 0 Å². The minimum atomic E-state index is -0.295. The van der Waals surface area contributed by atoms with Crippen molar-refractivity contribution in [2.45, 2.75) is 23.7 Å². The van der Waals surface area contributed by atoms with Gasteiger partial charge < -0.3 is 14.2 Å². The molecule has 2 aromatic heterocycles. The number of rotatable bonds is 5. The van der Waals surface area contributed by atoms with Crippen LogP contribution < -0.4 is 9.47 Å². The van der Waals surface area contributed by atoms with Gasteiger partial charge in [0.15, 0.2) is 11.5 Å². The van der Waals surface area contributed by atoms with E-state index in [0.29, 0.717) is 11.5 Å². The number of fused-ring (bicyclic) bond motifs is 1. The summed E-state index contributed by atoms with van der Waals surface area (Å²) in [6, 6.07) is 7.79. The molecule has 4 rings (SSSR count). The molecular formula is C19H17NO4S3. The summed E-state index contributed by atoms with van der Waals surface area (Å²) >= 11 is 4.68. The summed E-state index contributed by atoms with van der Waals surface area (Å²) in [4.78, 5) is 17.9. The lowest BCUT2D eigenvalue weighted by atomic mass is 10.1. The van der Waals surface area contributed by atoms with E-state index in [-0.39, 0.29) is 12.1 Å². The van der Waals surface area contributed by atoms with Gasteiger partial charge in [0, 0.05) is 21.2 Å². The first-order valence-electron chi connectivity index (χ1n) is 8.30. The number of ether oxygens (including phenoxy) is 3. The van der Waals surface area contributed by atoms with Gasteiger partial charge in [-0.3, -0.25) is 0 Å². The molecule has 0 amide bonds. The number of esters is 1. The average Bonchev–Trinajstić information content (AvgIpc) is 3.35. The van der Waals surface area contributed by atoms with Gasteiger partial charge in [-0.2, -0.15) is 0 Å². The predicted molar refractivity (Wildman–Crippen MR) is 108 cm³/mol. The van der Waals surface area contributed by atoms with Crippen LogP contribution in [0.15, 0.2) is 39.9 Å². The Labute approximate surface area is 169 Å². The highest BCUT2D eigenvalue weighted by molar-refractivity contribution is 7.98. The normalized spacial score (nSPS) is 15.6. The van der Waals surface area contributed by atoms with Crippen LogP contribution in [-0.4, -0.2) is 30.8 Å². The van der Waals surface area contributed by atoms with Gasteiger partial charge in [-0.25, -0.2) is 9.78 Å². The van der Waals surface area contributed by atoms with Crippen LogP contribution in [-0.2, 0) is 10.5 Å². The summed E-state index contributed by atoms with van der Waals surface area (Å²) in [7, 11) is 1.39. The van der Waals surface area contributed by atoms with Crippen LogP contribution in [0.1, 0.15) is 21.6 Å². The zero-order valence-corrected chi connectivity index (χ0v) is 17.2. The number of carbonyl (C=O) groups is 1. The fraction of sp³-hybridized carbons (Fsp3) is 0.263. The first-order valence-corrected chi connectivity index (χ1v) is 11.0. The van der Waals surface area contributed by atoms with Gasteiger partial charge >= 0.3 is 5.97 Å². The van der Waals surface area contributed by atoms with Gasteiger partial charge in [-0.05, 0) is 31.2 Å². The minimum absolute atomic E-state index is 0.0723. The zero-order chi connectivity index (χ0) is 18.8. The lowest BCUT2D eigenvalue weighted by Gasteiger charge is -2.24. The molecule has 3 heterocycles. The van der Waals surface area contributed by atoms with Crippen molar-refractivity contribution in [3.63, 3.8) is 0 Å². The monoisotopic (exact) mass is 419 g/mol. The Balaban J connectivity index is 1.43. The Morgan fingerprint density at radius 1 is 1.30 bits per heavy atom. The number of nitrogens with zero attached hydrogens (tertiary/aromatic N) is 1. The van der Waals surface area contributed by atoms with E-state index in [1.54, 1.807) is 23.1 Å². The molecule has 1 aromatic carbocycles. The number of methoxy groups -OCH3 is 1. The summed E-state index contributed by atoms with van der Waals surface area (Å²) in [5.74, 6) is 2.01. The summed E-state index contributed by atoms with van der Waals surface area (Å²) < 4.78 is 16.3. The lowest BCUT2D eigenvalue weighted by Crippen LogP contribution is -2.25. The molecule has 0 aliphatic carbocycles. The lowest BCUT2D eigenvalue weighted by molar-refractivity contribution is 0.0606. The van der Waals surface area contributed by atoms with Crippen molar-refractivity contribution in [1.82, 2.24) is 4.98 Å². The molecule has 1 aliphatic heterocycles. The van der Waals surface area contributed by atoms with E-state index in [9.17, 15) is 4.79 Å². The SMILES string of the molecule is COC(=O)c1cc(SCc2nc(-c3ccc4c(c3)OCC(C)O4)cs2)cs1. The Bertz CT molecular complexity index is 966. The highest BCUT2D eigenvalue weighted by Gasteiger charge is 2.18. The maximum atomic E-state index is 11.5. The van der Waals surface area contributed by atoms with Crippen LogP contribution >= 0.6 is 34.4 Å². The van der Waals surface area contributed by atoms with Crippen LogP contribution in [0.2, 0.25) is 0 Å². The van der Waals surface area contributed by atoms with Gasteiger partial charge in [0.25, 0.3) is 0 Å². The highest BCUT2D eigenvalue weighted by atomic mass is 32.2. The number of benzene rings is 1. The molecule has 1 atom stereocenters. The molecular weight excluding hydrogens is 402 g/mol. The Kier molecular flexibility index (Phi) is 5.38. The first kappa shape index (κ1) is 18.3. The molecule has 1 unspecified atom stereocenters. The number of hydrogen-bond acceptors (Lipinski definition) is 8. The summed E-state index contributed by atoms with van der Waals surface area (Å²) in [5.41, 5.74) is 1.95. The van der Waals surface area contributed by atoms with Gasteiger partial charge in [0.2, 0.25) is 0 Å². The number of thiophene rings is 1. The Morgan fingerprint density at radius 3 is 3.04 bits per heavy atom. The van der Waals surface area contributed by atoms with Crippen molar-refractivity contribution < 1.29 is 19.0 Å². The van der Waals surface area contributed by atoms with Gasteiger partial charge in [0.05, 0.1) is 18.6 Å². The number of thioether (sulfide) groups is 1. The molecule has 1 aliphatic rings. The van der Waals surface area contributed by atoms with E-state index in [1.807, 2.05) is 36.6 Å². The standard InChI is InChI=1S/C19H17NO4S3/c1-11-7-23-16-5-12(3-4-15(16)24-11)14-9-27-18(20-14)10-25-13-6-17(26-8-13)19(21)22-2/h3-6,8-9,11H,7,10H2,1-2H3. The third kappa shape index (κ3) is 4.12. The summed E-state index contributed by atoms with van der Waals surface area (Å²) in [6.07, 6.45) is 0.0723. The molecule has 0 saturated carbocycles. The first-order chi connectivity index (χ1) is 13.1. The van der Waals surface area contributed by atoms with Crippen molar-refractivity contribution in [3.05, 3.63) is 44.9 Å². The van der Waals surface area contributed by atoms with E-state index in [4.69, 9.17) is 19.2 Å².